The number of Topliss-reactive ketones (excluding diaryl/α,β-unsaturated/α-hetero) is 1. The summed E-state index contributed by atoms with van der Waals surface area (Å²) >= 11 is 0. The summed E-state index contributed by atoms with van der Waals surface area (Å²) in [6.07, 6.45) is 0.476. The second-order valence-electron chi connectivity index (χ2n) is 5.24. The average molecular weight is 288 g/mol. The molecule has 4 heteroatoms. The van der Waals surface area contributed by atoms with Crippen molar-refractivity contribution in [1.29, 1.82) is 0 Å². The summed E-state index contributed by atoms with van der Waals surface area (Å²) in [6.45, 7) is 1.65. The van der Waals surface area contributed by atoms with Gasteiger partial charge >= 0.3 is 0 Å². The Morgan fingerprint density at radius 1 is 1.14 bits per heavy atom. The highest BCUT2D eigenvalue weighted by molar-refractivity contribution is 5.98. The molecular formula is C17H14F2O2. The number of halogens is 2. The van der Waals surface area contributed by atoms with Gasteiger partial charge in [0.05, 0.1) is 18.1 Å². The number of carbonyl (C=O) groups excluding carboxylic acids is 1. The maximum absolute atomic E-state index is 13.9. The Balaban J connectivity index is 1.89. The van der Waals surface area contributed by atoms with Crippen LogP contribution >= 0.6 is 0 Å². The number of fused-ring (bicyclic) bond motifs is 1. The molecule has 0 aromatic heterocycles. The number of para-hydroxylation sites is 1. The largest absolute Gasteiger partial charge is 0.493 e. The summed E-state index contributed by atoms with van der Waals surface area (Å²) in [6, 6.07) is 10.2. The molecule has 21 heavy (non-hydrogen) atoms. The molecule has 1 atom stereocenters. The lowest BCUT2D eigenvalue weighted by Crippen LogP contribution is -2.29. The summed E-state index contributed by atoms with van der Waals surface area (Å²) in [5.74, 6) is -2.19. The highest BCUT2D eigenvalue weighted by Gasteiger charge is 2.29. The zero-order valence-electron chi connectivity index (χ0n) is 11.5. The highest BCUT2D eigenvalue weighted by Crippen LogP contribution is 2.29. The molecule has 2 aromatic rings. The van der Waals surface area contributed by atoms with E-state index < -0.39 is 23.3 Å². The molecule has 0 spiro atoms. The van der Waals surface area contributed by atoms with Crippen molar-refractivity contribution in [2.75, 3.05) is 6.61 Å². The van der Waals surface area contributed by atoms with E-state index in [1.165, 1.54) is 19.1 Å². The van der Waals surface area contributed by atoms with E-state index in [1.807, 2.05) is 24.3 Å². The van der Waals surface area contributed by atoms with Crippen molar-refractivity contribution in [2.45, 2.75) is 13.3 Å². The van der Waals surface area contributed by atoms with Gasteiger partial charge in [-0.05, 0) is 36.6 Å². The van der Waals surface area contributed by atoms with Crippen molar-refractivity contribution in [1.82, 2.24) is 0 Å². The second kappa shape index (κ2) is 5.28. The van der Waals surface area contributed by atoms with Gasteiger partial charge in [-0.15, -0.1) is 0 Å². The molecule has 0 saturated heterocycles. The van der Waals surface area contributed by atoms with E-state index in [9.17, 15) is 13.6 Å². The van der Waals surface area contributed by atoms with Crippen LogP contribution in [0.2, 0.25) is 0 Å². The second-order valence-corrected chi connectivity index (χ2v) is 5.24. The number of rotatable bonds is 2. The Kier molecular flexibility index (Phi) is 3.45. The Morgan fingerprint density at radius 3 is 2.71 bits per heavy atom. The molecule has 3 rings (SSSR count). The van der Waals surface area contributed by atoms with Gasteiger partial charge in [0.15, 0.2) is 17.4 Å². The molecule has 1 heterocycles. The predicted octanol–water partition coefficient (Wildman–Crippen LogP) is 3.71. The van der Waals surface area contributed by atoms with Gasteiger partial charge < -0.3 is 4.74 Å². The number of aryl methyl sites for hydroxylation is 1. The van der Waals surface area contributed by atoms with Crippen LogP contribution in [-0.2, 0) is 6.42 Å². The van der Waals surface area contributed by atoms with Gasteiger partial charge in [-0.1, -0.05) is 24.3 Å². The zero-order chi connectivity index (χ0) is 15.0. The Hall–Kier alpha value is -2.23. The first-order valence-electron chi connectivity index (χ1n) is 6.77. The maximum atomic E-state index is 13.9. The molecule has 0 N–H and O–H groups in total. The Bertz CT molecular complexity index is 710. The third kappa shape index (κ3) is 2.42. The molecule has 2 aromatic carbocycles. The SMILES string of the molecule is Cc1ccc(C(=O)C2COc3ccccc3C2)c(F)c1F. The normalized spacial score (nSPS) is 17.0. The molecular weight excluding hydrogens is 274 g/mol. The fourth-order valence-electron chi connectivity index (χ4n) is 2.55. The van der Waals surface area contributed by atoms with E-state index in [0.29, 0.717) is 6.42 Å². The van der Waals surface area contributed by atoms with Crippen molar-refractivity contribution >= 4 is 5.78 Å². The molecule has 0 saturated carbocycles. The molecule has 0 radical (unpaired) electrons. The molecule has 0 fully saturated rings. The van der Waals surface area contributed by atoms with Crippen molar-refractivity contribution in [3.63, 3.8) is 0 Å². The summed E-state index contributed by atoms with van der Waals surface area (Å²) in [5, 5.41) is 0. The molecule has 0 amide bonds. The average Bonchev–Trinajstić information content (AvgIpc) is 2.52. The van der Waals surface area contributed by atoms with E-state index in [-0.39, 0.29) is 17.7 Å². The first-order chi connectivity index (χ1) is 10.1. The number of carbonyl (C=O) groups is 1. The summed E-state index contributed by atoms with van der Waals surface area (Å²) in [4.78, 5) is 12.4. The number of hydrogen-bond donors (Lipinski definition) is 0. The number of ketones is 1. The van der Waals surface area contributed by atoms with Crippen molar-refractivity contribution in [3.8, 4) is 5.75 Å². The number of ether oxygens (including phenoxy) is 1. The standard InChI is InChI=1S/C17H14F2O2/c1-10-6-7-13(16(19)15(10)18)17(20)12-8-11-4-2-3-5-14(11)21-9-12/h2-7,12H,8-9H2,1H3. The van der Waals surface area contributed by atoms with Gasteiger partial charge in [0.25, 0.3) is 0 Å². The lowest BCUT2D eigenvalue weighted by atomic mass is 9.89. The van der Waals surface area contributed by atoms with Gasteiger partial charge in [-0.2, -0.15) is 0 Å². The van der Waals surface area contributed by atoms with Crippen molar-refractivity contribution < 1.29 is 18.3 Å². The van der Waals surface area contributed by atoms with Crippen LogP contribution in [0, 0.1) is 24.5 Å². The number of benzene rings is 2. The fourth-order valence-corrected chi connectivity index (χ4v) is 2.55. The molecule has 0 aliphatic carbocycles. The first-order valence-corrected chi connectivity index (χ1v) is 6.77. The minimum Gasteiger partial charge on any atom is -0.493 e. The van der Waals surface area contributed by atoms with Gasteiger partial charge in [0.1, 0.15) is 5.75 Å². The van der Waals surface area contributed by atoms with Crippen molar-refractivity contribution in [3.05, 3.63) is 64.7 Å². The molecule has 1 unspecified atom stereocenters. The highest BCUT2D eigenvalue weighted by atomic mass is 19.2. The summed E-state index contributed by atoms with van der Waals surface area (Å²) < 4.78 is 33.1. The van der Waals surface area contributed by atoms with E-state index in [2.05, 4.69) is 0 Å². The molecule has 108 valence electrons. The third-order valence-corrected chi connectivity index (χ3v) is 3.79. The van der Waals surface area contributed by atoms with Crippen LogP contribution in [0.4, 0.5) is 8.78 Å². The lowest BCUT2D eigenvalue weighted by Gasteiger charge is -2.24. The quantitative estimate of drug-likeness (QED) is 0.787. The van der Waals surface area contributed by atoms with Crippen LogP contribution in [0.3, 0.4) is 0 Å². The van der Waals surface area contributed by atoms with Crippen LogP contribution in [0.5, 0.6) is 5.75 Å². The van der Waals surface area contributed by atoms with E-state index in [1.54, 1.807) is 0 Å². The van der Waals surface area contributed by atoms with Gasteiger partial charge in [0, 0.05) is 0 Å². The van der Waals surface area contributed by atoms with Gasteiger partial charge in [-0.3, -0.25) is 4.79 Å². The first kappa shape index (κ1) is 13.7. The van der Waals surface area contributed by atoms with Crippen LogP contribution in [-0.4, -0.2) is 12.4 Å². The van der Waals surface area contributed by atoms with Gasteiger partial charge in [-0.25, -0.2) is 8.78 Å². The fraction of sp³-hybridized carbons (Fsp3) is 0.235. The molecule has 1 aliphatic rings. The molecule has 0 bridgehead atoms. The van der Waals surface area contributed by atoms with E-state index in [4.69, 9.17) is 4.74 Å². The van der Waals surface area contributed by atoms with Crippen LogP contribution in [0.1, 0.15) is 21.5 Å². The van der Waals surface area contributed by atoms with Crippen LogP contribution in [0.25, 0.3) is 0 Å². The zero-order valence-corrected chi connectivity index (χ0v) is 11.5. The van der Waals surface area contributed by atoms with Gasteiger partial charge in [0.2, 0.25) is 0 Å². The van der Waals surface area contributed by atoms with Crippen LogP contribution < -0.4 is 4.74 Å². The molecule has 2 nitrogen and oxygen atoms in total. The minimum absolute atomic E-state index is 0.185. The maximum Gasteiger partial charge on any atom is 0.172 e. The lowest BCUT2D eigenvalue weighted by molar-refractivity contribution is 0.0850. The number of hydrogen-bond acceptors (Lipinski definition) is 2. The smallest absolute Gasteiger partial charge is 0.172 e. The van der Waals surface area contributed by atoms with E-state index >= 15 is 0 Å². The monoisotopic (exact) mass is 288 g/mol. The topological polar surface area (TPSA) is 26.3 Å². The minimum atomic E-state index is -1.07. The summed E-state index contributed by atoms with van der Waals surface area (Å²) in [5.41, 5.74) is 0.899. The molecule has 1 aliphatic heterocycles. The van der Waals surface area contributed by atoms with E-state index in [0.717, 1.165) is 11.3 Å². The third-order valence-electron chi connectivity index (χ3n) is 3.79. The predicted molar refractivity (Wildman–Crippen MR) is 74.6 cm³/mol. The Morgan fingerprint density at radius 2 is 1.90 bits per heavy atom. The Labute approximate surface area is 121 Å². The summed E-state index contributed by atoms with van der Waals surface area (Å²) in [7, 11) is 0. The van der Waals surface area contributed by atoms with Crippen LogP contribution in [0.15, 0.2) is 36.4 Å². The van der Waals surface area contributed by atoms with Crippen molar-refractivity contribution in [2.24, 2.45) is 5.92 Å².